The Bertz CT molecular complexity index is 1200. The summed E-state index contributed by atoms with van der Waals surface area (Å²) in [7, 11) is 1.53. The highest BCUT2D eigenvalue weighted by molar-refractivity contribution is 7.10. The smallest absolute Gasteiger partial charge is 0.385 e. The number of rotatable bonds is 8. The lowest BCUT2D eigenvalue weighted by atomic mass is 9.93. The van der Waals surface area contributed by atoms with Gasteiger partial charge in [-0.1, -0.05) is 36.4 Å². The van der Waals surface area contributed by atoms with Gasteiger partial charge in [-0.15, -0.1) is 11.3 Å². The van der Waals surface area contributed by atoms with Gasteiger partial charge >= 0.3 is 6.18 Å². The maximum absolute atomic E-state index is 13.6. The van der Waals surface area contributed by atoms with E-state index in [9.17, 15) is 22.8 Å². The molecule has 1 unspecified atom stereocenters. The Hall–Kier alpha value is -3.17. The number of ether oxygens (including phenoxy) is 1. The Morgan fingerprint density at radius 3 is 2.61 bits per heavy atom. The number of benzene rings is 2. The Morgan fingerprint density at radius 1 is 1.11 bits per heavy atom. The molecule has 9 heteroatoms. The topological polar surface area (TPSA) is 49.9 Å². The highest BCUT2D eigenvalue weighted by atomic mass is 32.1. The standard InChI is InChI=1S/C27H27F3N2O3S/c1-35-15-6-13-31(26(34)20-9-5-10-21(17-20)27(28,29)30)18-24(33)32-14-11-23-22(12-16-36-23)25(32)19-7-3-2-4-8-19/h2-5,7-10,12,16-17,25H,6,11,13-15,18H2,1H3. The number of halogens is 3. The van der Waals surface area contributed by atoms with Crippen LogP contribution < -0.4 is 0 Å². The molecule has 0 radical (unpaired) electrons. The normalized spacial score (nSPS) is 15.4. The van der Waals surface area contributed by atoms with Gasteiger partial charge in [0.2, 0.25) is 5.91 Å². The highest BCUT2D eigenvalue weighted by Gasteiger charge is 2.35. The van der Waals surface area contributed by atoms with Crippen molar-refractivity contribution in [3.63, 3.8) is 0 Å². The van der Waals surface area contributed by atoms with Crippen molar-refractivity contribution in [1.29, 1.82) is 0 Å². The molecular formula is C27H27F3N2O3S. The number of amides is 2. The average molecular weight is 517 g/mol. The molecule has 5 nitrogen and oxygen atoms in total. The van der Waals surface area contributed by atoms with E-state index in [4.69, 9.17) is 4.74 Å². The van der Waals surface area contributed by atoms with E-state index < -0.39 is 17.6 Å². The molecule has 1 aliphatic rings. The van der Waals surface area contributed by atoms with Crippen molar-refractivity contribution in [2.24, 2.45) is 0 Å². The van der Waals surface area contributed by atoms with Gasteiger partial charge in [0.05, 0.1) is 11.6 Å². The summed E-state index contributed by atoms with van der Waals surface area (Å²) in [5.74, 6) is -0.867. The third-order valence-electron chi connectivity index (χ3n) is 6.23. The van der Waals surface area contributed by atoms with Crippen LogP contribution in [0.4, 0.5) is 13.2 Å². The van der Waals surface area contributed by atoms with Gasteiger partial charge in [-0.2, -0.15) is 13.2 Å². The van der Waals surface area contributed by atoms with Crippen LogP contribution in [0.5, 0.6) is 0 Å². The van der Waals surface area contributed by atoms with E-state index in [0.29, 0.717) is 26.0 Å². The van der Waals surface area contributed by atoms with E-state index in [1.807, 2.05) is 41.8 Å². The van der Waals surface area contributed by atoms with Crippen LogP contribution in [0.2, 0.25) is 0 Å². The van der Waals surface area contributed by atoms with Gasteiger partial charge in [0.1, 0.15) is 6.54 Å². The third kappa shape index (κ3) is 5.79. The molecule has 190 valence electrons. The third-order valence-corrected chi connectivity index (χ3v) is 7.22. The fraction of sp³-hybridized carbons (Fsp3) is 0.333. The number of carbonyl (C=O) groups excluding carboxylic acids is 2. The zero-order valence-electron chi connectivity index (χ0n) is 19.8. The number of carbonyl (C=O) groups is 2. The first-order valence-electron chi connectivity index (χ1n) is 11.7. The van der Waals surface area contributed by atoms with Gasteiger partial charge in [0.25, 0.3) is 5.91 Å². The SMILES string of the molecule is COCCCN(CC(=O)N1CCc2sccc2C1c1ccccc1)C(=O)c1cccc(C(F)(F)F)c1. The van der Waals surface area contributed by atoms with E-state index in [2.05, 4.69) is 0 Å². The molecule has 0 saturated carbocycles. The molecule has 0 spiro atoms. The number of alkyl halides is 3. The number of nitrogens with zero attached hydrogens (tertiary/aromatic N) is 2. The van der Waals surface area contributed by atoms with Crippen LogP contribution in [0.1, 0.15) is 44.4 Å². The molecule has 0 bridgehead atoms. The first-order valence-corrected chi connectivity index (χ1v) is 12.5. The minimum atomic E-state index is -4.57. The molecule has 2 heterocycles. The lowest BCUT2D eigenvalue weighted by Crippen LogP contribution is -2.47. The second kappa shape index (κ2) is 11.3. The molecular weight excluding hydrogens is 489 g/mol. The van der Waals surface area contributed by atoms with Crippen molar-refractivity contribution in [3.8, 4) is 0 Å². The van der Waals surface area contributed by atoms with Gasteiger partial charge in [-0.05, 0) is 53.6 Å². The van der Waals surface area contributed by atoms with Crippen LogP contribution >= 0.6 is 11.3 Å². The summed E-state index contributed by atoms with van der Waals surface area (Å²) in [5.41, 5.74) is 1.04. The first-order chi connectivity index (χ1) is 17.3. The minimum absolute atomic E-state index is 0.103. The minimum Gasteiger partial charge on any atom is -0.385 e. The lowest BCUT2D eigenvalue weighted by Gasteiger charge is -2.37. The molecule has 4 rings (SSSR count). The predicted molar refractivity (Wildman–Crippen MR) is 132 cm³/mol. The summed E-state index contributed by atoms with van der Waals surface area (Å²) in [5, 5.41) is 2.02. The summed E-state index contributed by atoms with van der Waals surface area (Å²) >= 11 is 1.66. The number of hydrogen-bond donors (Lipinski definition) is 0. The van der Waals surface area contributed by atoms with Crippen LogP contribution in [0.15, 0.2) is 66.0 Å². The zero-order chi connectivity index (χ0) is 25.7. The van der Waals surface area contributed by atoms with Gasteiger partial charge in [0.15, 0.2) is 0 Å². The number of thiophene rings is 1. The van der Waals surface area contributed by atoms with Gasteiger partial charge < -0.3 is 14.5 Å². The fourth-order valence-corrected chi connectivity index (χ4v) is 5.40. The molecule has 1 aliphatic heterocycles. The fourth-order valence-electron chi connectivity index (χ4n) is 4.50. The largest absolute Gasteiger partial charge is 0.416 e. The van der Waals surface area contributed by atoms with Crippen molar-refractivity contribution >= 4 is 23.2 Å². The number of fused-ring (bicyclic) bond motifs is 1. The second-order valence-corrected chi connectivity index (χ2v) is 9.60. The van der Waals surface area contributed by atoms with E-state index in [1.165, 1.54) is 29.0 Å². The van der Waals surface area contributed by atoms with Gasteiger partial charge in [-0.3, -0.25) is 9.59 Å². The molecule has 0 N–H and O–H groups in total. The maximum atomic E-state index is 13.6. The summed E-state index contributed by atoms with van der Waals surface area (Å²) in [6, 6.07) is 15.8. The summed E-state index contributed by atoms with van der Waals surface area (Å²) in [6.07, 6.45) is -3.40. The zero-order valence-corrected chi connectivity index (χ0v) is 20.6. The molecule has 2 aromatic carbocycles. The molecule has 0 fully saturated rings. The number of methoxy groups -OCH3 is 1. The van der Waals surface area contributed by atoms with E-state index >= 15 is 0 Å². The van der Waals surface area contributed by atoms with Crippen LogP contribution in [0.25, 0.3) is 0 Å². The Morgan fingerprint density at radius 2 is 1.89 bits per heavy atom. The van der Waals surface area contributed by atoms with Crippen molar-refractivity contribution in [1.82, 2.24) is 9.80 Å². The maximum Gasteiger partial charge on any atom is 0.416 e. The lowest BCUT2D eigenvalue weighted by molar-refractivity contribution is -0.137. The predicted octanol–water partition coefficient (Wildman–Crippen LogP) is 5.42. The molecule has 36 heavy (non-hydrogen) atoms. The molecule has 0 aliphatic carbocycles. The second-order valence-electron chi connectivity index (χ2n) is 8.60. The van der Waals surface area contributed by atoms with Gasteiger partial charge in [0, 0.05) is 37.2 Å². The van der Waals surface area contributed by atoms with E-state index in [-0.39, 0.29) is 30.6 Å². The highest BCUT2D eigenvalue weighted by Crippen LogP contribution is 2.38. The molecule has 2 amide bonds. The van der Waals surface area contributed by atoms with Crippen molar-refractivity contribution < 1.29 is 27.5 Å². The van der Waals surface area contributed by atoms with Crippen LogP contribution in [0.3, 0.4) is 0 Å². The molecule has 1 atom stereocenters. The van der Waals surface area contributed by atoms with Gasteiger partial charge in [-0.25, -0.2) is 0 Å². The summed E-state index contributed by atoms with van der Waals surface area (Å²) < 4.78 is 44.8. The first kappa shape index (κ1) is 25.9. The molecule has 0 saturated heterocycles. The summed E-state index contributed by atoms with van der Waals surface area (Å²) in [4.78, 5) is 31.3. The van der Waals surface area contributed by atoms with E-state index in [1.54, 1.807) is 16.2 Å². The average Bonchev–Trinajstić information content (AvgIpc) is 3.36. The van der Waals surface area contributed by atoms with Crippen molar-refractivity contribution in [2.75, 3.05) is 33.4 Å². The van der Waals surface area contributed by atoms with Crippen molar-refractivity contribution in [2.45, 2.75) is 25.1 Å². The molecule has 1 aromatic heterocycles. The van der Waals surface area contributed by atoms with Crippen LogP contribution in [-0.4, -0.2) is 55.0 Å². The Kier molecular flexibility index (Phi) is 8.11. The summed E-state index contributed by atoms with van der Waals surface area (Å²) in [6.45, 7) is 0.800. The number of hydrogen-bond acceptors (Lipinski definition) is 4. The molecule has 3 aromatic rings. The quantitative estimate of drug-likeness (QED) is 0.376. The van der Waals surface area contributed by atoms with Crippen molar-refractivity contribution in [3.05, 3.63) is 93.2 Å². The Balaban J connectivity index is 1.60. The van der Waals surface area contributed by atoms with Crippen LogP contribution in [-0.2, 0) is 22.1 Å². The Labute approximate surface area is 212 Å². The van der Waals surface area contributed by atoms with E-state index in [0.717, 1.165) is 23.3 Å². The monoisotopic (exact) mass is 516 g/mol. The van der Waals surface area contributed by atoms with Crippen LogP contribution in [0, 0.1) is 0 Å².